The normalized spacial score (nSPS) is 11.8. The van der Waals surface area contributed by atoms with Gasteiger partial charge in [0.05, 0.1) is 26.8 Å². The lowest BCUT2D eigenvalue weighted by Crippen LogP contribution is -2.39. The van der Waals surface area contributed by atoms with Crippen LogP contribution in [0.25, 0.3) is 10.2 Å². The van der Waals surface area contributed by atoms with Gasteiger partial charge in [0.25, 0.3) is 0 Å². The van der Waals surface area contributed by atoms with Crippen LogP contribution in [-0.4, -0.2) is 55.6 Å². The van der Waals surface area contributed by atoms with Crippen LogP contribution >= 0.6 is 23.7 Å². The molecule has 192 valence electrons. The van der Waals surface area contributed by atoms with Gasteiger partial charge >= 0.3 is 0 Å². The van der Waals surface area contributed by atoms with Crippen molar-refractivity contribution in [2.75, 3.05) is 31.1 Å². The molecule has 2 aromatic carbocycles. The summed E-state index contributed by atoms with van der Waals surface area (Å²) in [6, 6.07) is 10.9. The number of halogens is 1. The highest BCUT2D eigenvalue weighted by Gasteiger charge is 2.23. The van der Waals surface area contributed by atoms with Gasteiger partial charge in [0.2, 0.25) is 5.91 Å². The van der Waals surface area contributed by atoms with Crippen LogP contribution in [0.5, 0.6) is 0 Å². The Labute approximate surface area is 219 Å². The zero-order valence-electron chi connectivity index (χ0n) is 21.4. The molecule has 0 saturated carbocycles. The molecule has 1 heterocycles. The van der Waals surface area contributed by atoms with Gasteiger partial charge in [-0.05, 0) is 75.7 Å². The van der Waals surface area contributed by atoms with Gasteiger partial charge in [-0.3, -0.25) is 9.69 Å². The van der Waals surface area contributed by atoms with E-state index in [4.69, 9.17) is 4.98 Å². The van der Waals surface area contributed by atoms with Crippen LogP contribution < -0.4 is 4.90 Å². The van der Waals surface area contributed by atoms with E-state index in [2.05, 4.69) is 44.7 Å². The molecule has 0 aliphatic carbocycles. The highest BCUT2D eigenvalue weighted by atomic mass is 35.5. The Bertz CT molecular complexity index is 1250. The number of fused-ring (bicyclic) bond motifs is 1. The first kappa shape index (κ1) is 29.2. The predicted octanol–water partition coefficient (Wildman–Crippen LogP) is 5.43. The number of thiazole rings is 1. The lowest BCUT2D eigenvalue weighted by molar-refractivity contribution is -0.118. The third kappa shape index (κ3) is 6.82. The average molecular weight is 538 g/mol. The number of sulfone groups is 1. The van der Waals surface area contributed by atoms with E-state index in [0.29, 0.717) is 11.7 Å². The van der Waals surface area contributed by atoms with Gasteiger partial charge in [-0.2, -0.15) is 0 Å². The molecular formula is C26H36ClN3O3S2. The summed E-state index contributed by atoms with van der Waals surface area (Å²) >= 11 is 1.55. The summed E-state index contributed by atoms with van der Waals surface area (Å²) in [6.07, 6.45) is 0.189. The van der Waals surface area contributed by atoms with Crippen molar-refractivity contribution in [3.63, 3.8) is 0 Å². The molecule has 6 nitrogen and oxygen atoms in total. The zero-order chi connectivity index (χ0) is 25.0. The molecule has 0 fully saturated rings. The quantitative estimate of drug-likeness (QED) is 0.344. The predicted molar refractivity (Wildman–Crippen MR) is 149 cm³/mol. The first-order chi connectivity index (χ1) is 16.1. The molecule has 0 bridgehead atoms. The Hall–Kier alpha value is -2.00. The first-order valence-corrected chi connectivity index (χ1v) is 14.2. The maximum absolute atomic E-state index is 13.5. The van der Waals surface area contributed by atoms with Crippen LogP contribution in [0.3, 0.4) is 0 Å². The van der Waals surface area contributed by atoms with Crippen LogP contribution in [0.2, 0.25) is 0 Å². The minimum atomic E-state index is -3.34. The minimum Gasteiger partial charge on any atom is -0.302 e. The molecule has 0 spiro atoms. The standard InChI is InChI=1S/C26H35N3O3S2.ClH/c1-7-28(8-2)13-14-29(26-27-23-16-19(5)15-20(6)25(23)33-26)24(30)17-21-9-11-22(12-10-21)34(31,32)18(3)4;/h9-12,15-16,18H,7-8,13-14,17H2,1-6H3;1H. The van der Waals surface area contributed by atoms with E-state index in [1.54, 1.807) is 54.3 Å². The fourth-order valence-electron chi connectivity index (χ4n) is 3.93. The summed E-state index contributed by atoms with van der Waals surface area (Å²) in [5.41, 5.74) is 4.02. The van der Waals surface area contributed by atoms with Gasteiger partial charge in [-0.1, -0.05) is 43.4 Å². The SMILES string of the molecule is CCN(CC)CCN(C(=O)Cc1ccc(S(=O)(=O)C(C)C)cc1)c1nc2cc(C)cc(C)c2s1.Cl. The largest absolute Gasteiger partial charge is 0.302 e. The Balaban J connectivity index is 0.00000432. The zero-order valence-corrected chi connectivity index (χ0v) is 23.8. The highest BCUT2D eigenvalue weighted by molar-refractivity contribution is 7.92. The van der Waals surface area contributed by atoms with E-state index in [1.165, 1.54) is 0 Å². The molecule has 0 unspecified atom stereocenters. The van der Waals surface area contributed by atoms with Crippen molar-refractivity contribution in [2.24, 2.45) is 0 Å². The van der Waals surface area contributed by atoms with Gasteiger partial charge in [-0.15, -0.1) is 12.4 Å². The van der Waals surface area contributed by atoms with Crippen LogP contribution in [0.1, 0.15) is 44.4 Å². The lowest BCUT2D eigenvalue weighted by atomic mass is 10.1. The van der Waals surface area contributed by atoms with Crippen molar-refractivity contribution < 1.29 is 13.2 Å². The monoisotopic (exact) mass is 537 g/mol. The molecule has 9 heteroatoms. The van der Waals surface area contributed by atoms with Crippen molar-refractivity contribution in [1.29, 1.82) is 0 Å². The topological polar surface area (TPSA) is 70.6 Å². The molecule has 35 heavy (non-hydrogen) atoms. The molecule has 0 atom stereocenters. The van der Waals surface area contributed by atoms with Crippen LogP contribution in [0.4, 0.5) is 5.13 Å². The number of aryl methyl sites for hydroxylation is 2. The fourth-order valence-corrected chi connectivity index (χ4v) is 6.05. The van der Waals surface area contributed by atoms with Crippen molar-refractivity contribution in [2.45, 2.75) is 58.1 Å². The van der Waals surface area contributed by atoms with E-state index in [9.17, 15) is 13.2 Å². The number of hydrogen-bond acceptors (Lipinski definition) is 6. The smallest absolute Gasteiger partial charge is 0.233 e. The van der Waals surface area contributed by atoms with Gasteiger partial charge < -0.3 is 4.90 Å². The number of hydrogen-bond donors (Lipinski definition) is 0. The Kier molecular flexibility index (Phi) is 10.3. The van der Waals surface area contributed by atoms with Crippen LogP contribution in [-0.2, 0) is 21.1 Å². The molecule has 0 saturated heterocycles. The molecule has 0 N–H and O–H groups in total. The number of anilines is 1. The average Bonchev–Trinajstić information content (AvgIpc) is 3.21. The van der Waals surface area contributed by atoms with Crippen molar-refractivity contribution >= 4 is 54.8 Å². The second-order valence-corrected chi connectivity index (χ2v) is 12.4. The van der Waals surface area contributed by atoms with Crippen LogP contribution in [0.15, 0.2) is 41.3 Å². The van der Waals surface area contributed by atoms with Gasteiger partial charge in [0.1, 0.15) is 0 Å². The molecule has 1 aromatic heterocycles. The molecular weight excluding hydrogens is 502 g/mol. The van der Waals surface area contributed by atoms with Crippen molar-refractivity contribution in [3.8, 4) is 0 Å². The summed E-state index contributed by atoms with van der Waals surface area (Å²) in [5.74, 6) is -0.0416. The number of rotatable bonds is 10. The molecule has 0 aliphatic heterocycles. The molecule has 0 radical (unpaired) electrons. The second kappa shape index (κ2) is 12.3. The summed E-state index contributed by atoms with van der Waals surface area (Å²) in [7, 11) is -3.34. The molecule has 3 aromatic rings. The molecule has 1 amide bonds. The van der Waals surface area contributed by atoms with E-state index in [0.717, 1.165) is 46.5 Å². The summed E-state index contributed by atoms with van der Waals surface area (Å²) in [4.78, 5) is 22.7. The molecule has 0 aliphatic rings. The number of amides is 1. The van der Waals surface area contributed by atoms with Crippen molar-refractivity contribution in [1.82, 2.24) is 9.88 Å². The number of aromatic nitrogens is 1. The summed E-state index contributed by atoms with van der Waals surface area (Å²) < 4.78 is 25.9. The van der Waals surface area contributed by atoms with E-state index in [1.807, 2.05) is 0 Å². The summed E-state index contributed by atoms with van der Waals surface area (Å²) in [5, 5.41) is 0.224. The maximum atomic E-state index is 13.5. The first-order valence-electron chi connectivity index (χ1n) is 11.8. The Morgan fingerprint density at radius 2 is 1.66 bits per heavy atom. The van der Waals surface area contributed by atoms with E-state index in [-0.39, 0.29) is 29.6 Å². The van der Waals surface area contributed by atoms with Crippen molar-refractivity contribution in [3.05, 3.63) is 53.1 Å². The van der Waals surface area contributed by atoms with Crippen LogP contribution in [0, 0.1) is 13.8 Å². The van der Waals surface area contributed by atoms with Gasteiger partial charge in [0, 0.05) is 13.1 Å². The van der Waals surface area contributed by atoms with E-state index >= 15 is 0 Å². The Morgan fingerprint density at radius 3 is 2.23 bits per heavy atom. The van der Waals surface area contributed by atoms with E-state index < -0.39 is 15.1 Å². The number of carbonyl (C=O) groups is 1. The number of nitrogens with zero attached hydrogens (tertiary/aromatic N) is 3. The van der Waals surface area contributed by atoms with Gasteiger partial charge in [0.15, 0.2) is 15.0 Å². The second-order valence-electron chi connectivity index (χ2n) is 8.91. The number of benzene rings is 2. The minimum absolute atomic E-state index is 0. The lowest BCUT2D eigenvalue weighted by Gasteiger charge is -2.24. The molecule has 3 rings (SSSR count). The number of carbonyl (C=O) groups excluding carboxylic acids is 1. The third-order valence-electron chi connectivity index (χ3n) is 6.10. The third-order valence-corrected chi connectivity index (χ3v) is 9.50. The maximum Gasteiger partial charge on any atom is 0.233 e. The number of likely N-dealkylation sites (N-methyl/N-ethyl adjacent to an activating group) is 1. The fraction of sp³-hybridized carbons (Fsp3) is 0.462. The van der Waals surface area contributed by atoms with Gasteiger partial charge in [-0.25, -0.2) is 13.4 Å². The summed E-state index contributed by atoms with van der Waals surface area (Å²) in [6.45, 7) is 14.9. The Morgan fingerprint density at radius 1 is 1.03 bits per heavy atom. The highest BCUT2D eigenvalue weighted by Crippen LogP contribution is 2.32.